The van der Waals surface area contributed by atoms with Gasteiger partial charge in [0.05, 0.1) is 12.4 Å². The molecule has 2 nitrogen and oxygen atoms in total. The summed E-state index contributed by atoms with van der Waals surface area (Å²) >= 11 is 0. The van der Waals surface area contributed by atoms with Crippen LogP contribution in [-0.2, 0) is 6.54 Å². The van der Waals surface area contributed by atoms with Gasteiger partial charge in [-0.25, -0.2) is 4.39 Å². The standard InChI is InChI=1S/C10H13FN2/c1-8(6-9(2)11)7-13-10(3)4-5-12-13/h4-6H,1,7H2,2-3H3. The Morgan fingerprint density at radius 1 is 1.77 bits per heavy atom. The molecule has 0 saturated carbocycles. The number of halogens is 1. The van der Waals surface area contributed by atoms with E-state index in [1.165, 1.54) is 13.0 Å². The van der Waals surface area contributed by atoms with Crippen LogP contribution in [0.5, 0.6) is 0 Å². The second kappa shape index (κ2) is 4.03. The number of rotatable bonds is 3. The van der Waals surface area contributed by atoms with Gasteiger partial charge in [-0.15, -0.1) is 0 Å². The first kappa shape index (κ1) is 9.71. The minimum absolute atomic E-state index is 0.227. The van der Waals surface area contributed by atoms with Crippen LogP contribution >= 0.6 is 0 Å². The van der Waals surface area contributed by atoms with Crippen LogP contribution in [0.1, 0.15) is 12.6 Å². The van der Waals surface area contributed by atoms with E-state index in [1.54, 1.807) is 10.9 Å². The molecular weight excluding hydrogens is 167 g/mol. The Morgan fingerprint density at radius 2 is 2.46 bits per heavy atom. The number of nitrogens with zero attached hydrogens (tertiary/aromatic N) is 2. The van der Waals surface area contributed by atoms with Gasteiger partial charge in [0.15, 0.2) is 0 Å². The van der Waals surface area contributed by atoms with Gasteiger partial charge in [-0.1, -0.05) is 6.58 Å². The van der Waals surface area contributed by atoms with Crippen molar-refractivity contribution in [3.05, 3.63) is 42.0 Å². The van der Waals surface area contributed by atoms with Gasteiger partial charge in [-0.3, -0.25) is 4.68 Å². The summed E-state index contributed by atoms with van der Waals surface area (Å²) < 4.78 is 14.2. The van der Waals surface area contributed by atoms with Crippen LogP contribution in [0.25, 0.3) is 0 Å². The van der Waals surface area contributed by atoms with Gasteiger partial charge < -0.3 is 0 Å². The molecule has 0 aliphatic rings. The molecule has 0 saturated heterocycles. The highest BCUT2D eigenvalue weighted by atomic mass is 19.1. The van der Waals surface area contributed by atoms with Crippen LogP contribution in [0, 0.1) is 6.92 Å². The Bertz CT molecular complexity index is 332. The normalized spacial score (nSPS) is 11.8. The molecule has 70 valence electrons. The molecule has 0 amide bonds. The van der Waals surface area contributed by atoms with Crippen molar-refractivity contribution in [2.75, 3.05) is 0 Å². The maximum Gasteiger partial charge on any atom is 0.0971 e. The molecule has 0 aliphatic carbocycles. The van der Waals surface area contributed by atoms with Gasteiger partial charge in [0, 0.05) is 11.9 Å². The van der Waals surface area contributed by atoms with Gasteiger partial charge in [-0.05, 0) is 31.6 Å². The molecule has 0 fully saturated rings. The molecule has 0 spiro atoms. The molecule has 0 bridgehead atoms. The lowest BCUT2D eigenvalue weighted by molar-refractivity contribution is 0.629. The fourth-order valence-corrected chi connectivity index (χ4v) is 1.08. The van der Waals surface area contributed by atoms with Crippen LogP contribution in [0.2, 0.25) is 0 Å². The van der Waals surface area contributed by atoms with E-state index in [4.69, 9.17) is 0 Å². The second-order valence-electron chi connectivity index (χ2n) is 3.02. The molecule has 0 aliphatic heterocycles. The van der Waals surface area contributed by atoms with Crippen LogP contribution in [-0.4, -0.2) is 9.78 Å². The molecule has 0 N–H and O–H groups in total. The monoisotopic (exact) mass is 180 g/mol. The van der Waals surface area contributed by atoms with Gasteiger partial charge in [0.25, 0.3) is 0 Å². The zero-order valence-electron chi connectivity index (χ0n) is 7.92. The average molecular weight is 180 g/mol. The predicted molar refractivity (Wildman–Crippen MR) is 51.0 cm³/mol. The molecule has 1 rings (SSSR count). The first-order chi connectivity index (χ1) is 6.09. The van der Waals surface area contributed by atoms with Crippen molar-refractivity contribution in [2.45, 2.75) is 20.4 Å². The third kappa shape index (κ3) is 2.86. The maximum absolute atomic E-state index is 12.5. The highest BCUT2D eigenvalue weighted by molar-refractivity contribution is 5.17. The smallest absolute Gasteiger partial charge is 0.0971 e. The van der Waals surface area contributed by atoms with Crippen molar-refractivity contribution in [1.82, 2.24) is 9.78 Å². The summed E-state index contributed by atoms with van der Waals surface area (Å²) in [7, 11) is 0. The third-order valence-electron chi connectivity index (χ3n) is 1.68. The second-order valence-corrected chi connectivity index (χ2v) is 3.02. The molecule has 1 aromatic rings. The highest BCUT2D eigenvalue weighted by Gasteiger charge is 1.97. The van der Waals surface area contributed by atoms with Crippen molar-refractivity contribution >= 4 is 0 Å². The number of hydrogen-bond donors (Lipinski definition) is 0. The molecule has 13 heavy (non-hydrogen) atoms. The Hall–Kier alpha value is -1.38. The number of allylic oxidation sites excluding steroid dienone is 3. The summed E-state index contributed by atoms with van der Waals surface area (Å²) in [6.45, 7) is 7.63. The fraction of sp³-hybridized carbons (Fsp3) is 0.300. The van der Waals surface area contributed by atoms with E-state index in [1.807, 2.05) is 13.0 Å². The minimum atomic E-state index is -0.227. The van der Waals surface area contributed by atoms with Gasteiger partial charge in [-0.2, -0.15) is 5.10 Å². The maximum atomic E-state index is 12.5. The summed E-state index contributed by atoms with van der Waals surface area (Å²) in [5, 5.41) is 4.07. The first-order valence-electron chi connectivity index (χ1n) is 4.09. The largest absolute Gasteiger partial charge is 0.265 e. The number of hydrogen-bond acceptors (Lipinski definition) is 1. The number of aryl methyl sites for hydroxylation is 1. The van der Waals surface area contributed by atoms with E-state index >= 15 is 0 Å². The molecule has 0 aromatic carbocycles. The topological polar surface area (TPSA) is 17.8 Å². The highest BCUT2D eigenvalue weighted by Crippen LogP contribution is 2.05. The van der Waals surface area contributed by atoms with Crippen molar-refractivity contribution in [3.63, 3.8) is 0 Å². The van der Waals surface area contributed by atoms with Gasteiger partial charge in [0.2, 0.25) is 0 Å². The van der Waals surface area contributed by atoms with Crippen molar-refractivity contribution < 1.29 is 4.39 Å². The van der Waals surface area contributed by atoms with E-state index in [-0.39, 0.29) is 5.83 Å². The fourth-order valence-electron chi connectivity index (χ4n) is 1.08. The summed E-state index contributed by atoms with van der Waals surface area (Å²) in [5.41, 5.74) is 1.76. The summed E-state index contributed by atoms with van der Waals surface area (Å²) in [6, 6.07) is 1.90. The van der Waals surface area contributed by atoms with E-state index in [0.29, 0.717) is 12.1 Å². The lowest BCUT2D eigenvalue weighted by atomic mass is 10.2. The summed E-state index contributed by atoms with van der Waals surface area (Å²) in [4.78, 5) is 0. The molecule has 3 heteroatoms. The molecule has 0 radical (unpaired) electrons. The summed E-state index contributed by atoms with van der Waals surface area (Å²) in [5.74, 6) is -0.227. The summed E-state index contributed by atoms with van der Waals surface area (Å²) in [6.07, 6.45) is 3.13. The quantitative estimate of drug-likeness (QED) is 0.654. The van der Waals surface area contributed by atoms with Crippen LogP contribution in [0.15, 0.2) is 36.3 Å². The first-order valence-corrected chi connectivity index (χ1v) is 4.09. The predicted octanol–water partition coefficient (Wildman–Crippen LogP) is 2.62. The van der Waals surface area contributed by atoms with Crippen LogP contribution in [0.4, 0.5) is 4.39 Å². The minimum Gasteiger partial charge on any atom is -0.265 e. The number of aromatic nitrogens is 2. The lowest BCUT2D eigenvalue weighted by Crippen LogP contribution is -2.02. The van der Waals surface area contributed by atoms with Crippen LogP contribution < -0.4 is 0 Å². The van der Waals surface area contributed by atoms with E-state index in [0.717, 1.165) is 5.69 Å². The third-order valence-corrected chi connectivity index (χ3v) is 1.68. The molecular formula is C10H13FN2. The van der Waals surface area contributed by atoms with Gasteiger partial charge >= 0.3 is 0 Å². The van der Waals surface area contributed by atoms with Crippen molar-refractivity contribution in [3.8, 4) is 0 Å². The van der Waals surface area contributed by atoms with E-state index < -0.39 is 0 Å². The molecule has 0 atom stereocenters. The SMILES string of the molecule is C=C(C=C(C)F)Cn1nccc1C. The average Bonchev–Trinajstić information content (AvgIpc) is 2.34. The Morgan fingerprint density at radius 3 is 2.92 bits per heavy atom. The van der Waals surface area contributed by atoms with Gasteiger partial charge in [0.1, 0.15) is 0 Å². The Balaban J connectivity index is 2.66. The van der Waals surface area contributed by atoms with E-state index in [2.05, 4.69) is 11.7 Å². The zero-order valence-corrected chi connectivity index (χ0v) is 7.92. The Kier molecular flexibility index (Phi) is 3.01. The lowest BCUT2D eigenvalue weighted by Gasteiger charge is -2.03. The molecule has 0 unspecified atom stereocenters. The van der Waals surface area contributed by atoms with E-state index in [9.17, 15) is 4.39 Å². The van der Waals surface area contributed by atoms with Crippen LogP contribution in [0.3, 0.4) is 0 Å². The zero-order chi connectivity index (χ0) is 9.84. The molecule has 1 heterocycles. The Labute approximate surface area is 77.4 Å². The van der Waals surface area contributed by atoms with Crippen molar-refractivity contribution in [1.29, 1.82) is 0 Å². The molecule has 1 aromatic heterocycles. The van der Waals surface area contributed by atoms with Crippen molar-refractivity contribution in [2.24, 2.45) is 0 Å².